The van der Waals surface area contributed by atoms with Crippen molar-refractivity contribution in [1.29, 1.82) is 0 Å². The first-order valence-corrected chi connectivity index (χ1v) is 5.19. The molecule has 2 rings (SSSR count). The van der Waals surface area contributed by atoms with Gasteiger partial charge in [0.25, 0.3) is 0 Å². The molecule has 0 atom stereocenters. The van der Waals surface area contributed by atoms with Gasteiger partial charge in [0.1, 0.15) is 23.9 Å². The first-order chi connectivity index (χ1) is 9.79. The van der Waals surface area contributed by atoms with Crippen molar-refractivity contribution in [2.24, 2.45) is 0 Å². The zero-order valence-electron chi connectivity index (χ0n) is 10.2. The van der Waals surface area contributed by atoms with Gasteiger partial charge in [-0.3, -0.25) is 0 Å². The highest BCUT2D eigenvalue weighted by atomic mass is 19.4. The summed E-state index contributed by atoms with van der Waals surface area (Å²) in [5, 5.41) is 11.7. The van der Waals surface area contributed by atoms with Crippen LogP contribution in [0.1, 0.15) is 0 Å². The summed E-state index contributed by atoms with van der Waals surface area (Å²) in [6.45, 7) is 0. The Bertz CT molecular complexity index is 593. The number of alkyl halides is 3. The van der Waals surface area contributed by atoms with Gasteiger partial charge >= 0.3 is 6.18 Å². The van der Waals surface area contributed by atoms with Crippen LogP contribution in [0, 0.1) is 0 Å². The van der Waals surface area contributed by atoms with Crippen LogP contribution < -0.4 is 16.2 Å². The van der Waals surface area contributed by atoms with E-state index >= 15 is 0 Å². The Kier molecular flexibility index (Phi) is 5.34. The molecule has 21 heavy (non-hydrogen) atoms. The molecule has 0 bridgehead atoms. The van der Waals surface area contributed by atoms with Crippen molar-refractivity contribution < 1.29 is 23.1 Å². The van der Waals surface area contributed by atoms with E-state index in [1.165, 1.54) is 6.33 Å². The molecular formula is C10H8F3N6O2-. The number of nitrogen functional groups attached to an aromatic ring is 1. The molecule has 0 aliphatic heterocycles. The van der Waals surface area contributed by atoms with Crippen LogP contribution in [-0.4, -0.2) is 32.1 Å². The number of anilines is 3. The number of halogens is 3. The number of rotatable bonds is 2. The van der Waals surface area contributed by atoms with Gasteiger partial charge in [0.15, 0.2) is 0 Å². The predicted octanol–water partition coefficient (Wildman–Crippen LogP) is -0.109. The Morgan fingerprint density at radius 2 is 1.81 bits per heavy atom. The second kappa shape index (κ2) is 6.98. The molecular weight excluding hydrogens is 293 g/mol. The predicted molar refractivity (Wildman–Crippen MR) is 62.8 cm³/mol. The molecule has 0 radical (unpaired) electrons. The molecule has 3 N–H and O–H groups in total. The zero-order valence-corrected chi connectivity index (χ0v) is 10.2. The monoisotopic (exact) mass is 301 g/mol. The number of aromatic nitrogens is 4. The fourth-order valence-corrected chi connectivity index (χ4v) is 0.939. The summed E-state index contributed by atoms with van der Waals surface area (Å²) in [5.41, 5.74) is 5.42. The maximum Gasteiger partial charge on any atom is 0.430 e. The van der Waals surface area contributed by atoms with Crippen LogP contribution in [0.4, 0.5) is 30.8 Å². The largest absolute Gasteiger partial charge is 0.542 e. The van der Waals surface area contributed by atoms with Crippen molar-refractivity contribution in [3.05, 3.63) is 30.9 Å². The van der Waals surface area contributed by atoms with Gasteiger partial charge in [0.05, 0.1) is 0 Å². The minimum Gasteiger partial charge on any atom is -0.542 e. The second-order valence-corrected chi connectivity index (χ2v) is 3.30. The lowest BCUT2D eigenvalue weighted by Gasteiger charge is -2.03. The first kappa shape index (κ1) is 16.1. The van der Waals surface area contributed by atoms with Crippen LogP contribution in [0.2, 0.25) is 0 Å². The van der Waals surface area contributed by atoms with Crippen LogP contribution in [0.15, 0.2) is 30.9 Å². The van der Waals surface area contributed by atoms with Crippen LogP contribution >= 0.6 is 0 Å². The summed E-state index contributed by atoms with van der Waals surface area (Å²) in [6, 6.07) is 3.44. The number of nitrogens with one attached hydrogen (secondary N) is 1. The van der Waals surface area contributed by atoms with Gasteiger partial charge in [-0.25, -0.2) is 15.0 Å². The van der Waals surface area contributed by atoms with Gasteiger partial charge in [-0.1, -0.05) is 0 Å². The molecule has 0 aromatic carbocycles. The number of nitrogens with two attached hydrogens (primary N) is 1. The van der Waals surface area contributed by atoms with Crippen molar-refractivity contribution in [2.75, 3.05) is 11.1 Å². The number of nitrogens with zero attached hydrogens (tertiary/aromatic N) is 4. The third kappa shape index (κ3) is 6.13. The van der Waals surface area contributed by atoms with Crippen molar-refractivity contribution in [1.82, 2.24) is 19.9 Å². The van der Waals surface area contributed by atoms with E-state index in [2.05, 4.69) is 25.3 Å². The summed E-state index contributed by atoms with van der Waals surface area (Å²) in [5.74, 6) is -1.51. The number of hydrogen-bond donors (Lipinski definition) is 2. The van der Waals surface area contributed by atoms with E-state index in [0.29, 0.717) is 11.6 Å². The molecule has 11 heteroatoms. The van der Waals surface area contributed by atoms with E-state index in [-0.39, 0.29) is 5.95 Å². The van der Waals surface area contributed by atoms with E-state index in [4.69, 9.17) is 15.6 Å². The van der Waals surface area contributed by atoms with Gasteiger partial charge in [0, 0.05) is 12.4 Å². The van der Waals surface area contributed by atoms with Crippen molar-refractivity contribution in [3.8, 4) is 0 Å². The fraction of sp³-hybridized carbons (Fsp3) is 0.100. The normalized spacial score (nSPS) is 10.2. The lowest BCUT2D eigenvalue weighted by molar-refractivity contribution is -0.344. The molecule has 2 heterocycles. The van der Waals surface area contributed by atoms with Crippen LogP contribution in [0.25, 0.3) is 0 Å². The van der Waals surface area contributed by atoms with Gasteiger partial charge in [-0.15, -0.1) is 0 Å². The molecule has 0 fully saturated rings. The van der Waals surface area contributed by atoms with E-state index in [1.807, 2.05) is 0 Å². The first-order valence-electron chi connectivity index (χ1n) is 5.19. The molecule has 0 amide bonds. The number of hydrogen-bond acceptors (Lipinski definition) is 8. The Hall–Kier alpha value is -2.98. The van der Waals surface area contributed by atoms with Crippen LogP contribution in [-0.2, 0) is 4.79 Å². The van der Waals surface area contributed by atoms with E-state index in [0.717, 1.165) is 0 Å². The summed E-state index contributed by atoms with van der Waals surface area (Å²) in [4.78, 5) is 24.3. The summed E-state index contributed by atoms with van der Waals surface area (Å²) in [6.07, 6.45) is -0.529. The van der Waals surface area contributed by atoms with Gasteiger partial charge in [-0.2, -0.15) is 18.2 Å². The van der Waals surface area contributed by atoms with Crippen molar-refractivity contribution in [3.63, 3.8) is 0 Å². The molecule has 0 saturated carbocycles. The third-order valence-corrected chi connectivity index (χ3v) is 1.74. The van der Waals surface area contributed by atoms with E-state index in [9.17, 15) is 13.2 Å². The smallest absolute Gasteiger partial charge is 0.430 e. The van der Waals surface area contributed by atoms with Crippen molar-refractivity contribution >= 4 is 23.6 Å². The second-order valence-electron chi connectivity index (χ2n) is 3.30. The average molecular weight is 301 g/mol. The average Bonchev–Trinajstić information content (AvgIpc) is 2.39. The van der Waals surface area contributed by atoms with Crippen LogP contribution in [0.3, 0.4) is 0 Å². The van der Waals surface area contributed by atoms with Gasteiger partial charge in [0.2, 0.25) is 5.95 Å². The highest BCUT2D eigenvalue weighted by Gasteiger charge is 2.28. The molecule has 2 aromatic heterocycles. The van der Waals surface area contributed by atoms with E-state index in [1.54, 1.807) is 24.5 Å². The quantitative estimate of drug-likeness (QED) is 0.786. The third-order valence-electron chi connectivity index (χ3n) is 1.74. The van der Waals surface area contributed by atoms with Crippen LogP contribution in [0.5, 0.6) is 0 Å². The lowest BCUT2D eigenvalue weighted by atomic mass is 10.5. The highest BCUT2D eigenvalue weighted by Crippen LogP contribution is 2.11. The van der Waals surface area contributed by atoms with Crippen molar-refractivity contribution in [2.45, 2.75) is 6.18 Å². The topological polar surface area (TPSA) is 130 Å². The zero-order chi connectivity index (χ0) is 15.9. The SMILES string of the molecule is Nc1nccc(Nc2ccncn2)n1.O=C([O-])C(F)(F)F. The molecule has 0 spiro atoms. The Morgan fingerprint density at radius 1 is 1.19 bits per heavy atom. The Labute approximate surface area is 115 Å². The lowest BCUT2D eigenvalue weighted by Crippen LogP contribution is -2.37. The Balaban J connectivity index is 0.000000270. The summed E-state index contributed by atoms with van der Waals surface area (Å²) >= 11 is 0. The highest BCUT2D eigenvalue weighted by molar-refractivity contribution is 5.70. The maximum atomic E-state index is 10.5. The summed E-state index contributed by atoms with van der Waals surface area (Å²) in [7, 11) is 0. The molecule has 0 aliphatic rings. The molecule has 0 saturated heterocycles. The number of carbonyl (C=O) groups excluding carboxylic acids is 1. The molecule has 112 valence electrons. The number of carbonyl (C=O) groups is 1. The fourth-order valence-electron chi connectivity index (χ4n) is 0.939. The number of carboxylic acid groups (broad SMARTS) is 1. The minimum absolute atomic E-state index is 0.226. The Morgan fingerprint density at radius 3 is 2.29 bits per heavy atom. The number of aliphatic carboxylic acids is 1. The van der Waals surface area contributed by atoms with Gasteiger partial charge in [-0.05, 0) is 12.1 Å². The number of carboxylic acids is 1. The molecule has 0 unspecified atom stereocenters. The minimum atomic E-state index is -5.19. The summed E-state index contributed by atoms with van der Waals surface area (Å²) < 4.78 is 31.5. The maximum absolute atomic E-state index is 10.5. The molecule has 0 aliphatic carbocycles. The molecule has 8 nitrogen and oxygen atoms in total. The van der Waals surface area contributed by atoms with E-state index < -0.39 is 12.1 Å². The molecule has 2 aromatic rings. The standard InChI is InChI=1S/C8H8N6.C2HF3O2/c9-8-11-4-2-7(14-8)13-6-1-3-10-5-12-6;3-2(4,5)1(6)7/h1-5H,(H3,9,10,11,12,13,14);(H,6,7)/p-1. The van der Waals surface area contributed by atoms with Gasteiger partial charge < -0.3 is 21.0 Å².